The van der Waals surface area contributed by atoms with Gasteiger partial charge in [-0.1, -0.05) is 35.9 Å². The molecule has 2 rings (SSSR count). The molecule has 104 valence electrons. The Balaban J connectivity index is 2.15. The maximum atomic E-state index is 12.2. The van der Waals surface area contributed by atoms with Crippen LogP contribution in [-0.2, 0) is 0 Å². The topological polar surface area (TPSA) is 38.3 Å². The SMILES string of the molecule is COc1ccccc1[C@H](C)NC(=O)c1cccc(C)c1. The number of benzene rings is 2. The van der Waals surface area contributed by atoms with Crippen molar-refractivity contribution in [2.24, 2.45) is 0 Å². The number of nitrogens with one attached hydrogen (secondary N) is 1. The van der Waals surface area contributed by atoms with Gasteiger partial charge in [0, 0.05) is 11.1 Å². The Bertz CT molecular complexity index is 607. The minimum absolute atomic E-state index is 0.0768. The van der Waals surface area contributed by atoms with Crippen molar-refractivity contribution in [3.8, 4) is 5.75 Å². The summed E-state index contributed by atoms with van der Waals surface area (Å²) in [6, 6.07) is 15.1. The predicted octanol–water partition coefficient (Wildman–Crippen LogP) is 3.49. The van der Waals surface area contributed by atoms with E-state index in [0.29, 0.717) is 5.56 Å². The lowest BCUT2D eigenvalue weighted by Gasteiger charge is -2.17. The molecule has 0 radical (unpaired) electrons. The van der Waals surface area contributed by atoms with Crippen LogP contribution in [0.1, 0.15) is 34.5 Å². The van der Waals surface area contributed by atoms with Gasteiger partial charge in [0.1, 0.15) is 5.75 Å². The fourth-order valence-electron chi connectivity index (χ4n) is 2.17. The first-order valence-electron chi connectivity index (χ1n) is 6.62. The highest BCUT2D eigenvalue weighted by Crippen LogP contribution is 2.24. The van der Waals surface area contributed by atoms with Gasteiger partial charge in [-0.3, -0.25) is 4.79 Å². The zero-order valence-electron chi connectivity index (χ0n) is 12.0. The first-order valence-corrected chi connectivity index (χ1v) is 6.62. The maximum absolute atomic E-state index is 12.2. The van der Waals surface area contributed by atoms with Crippen LogP contribution in [0.5, 0.6) is 5.75 Å². The standard InChI is InChI=1S/C17H19NO2/c1-12-7-6-8-14(11-12)17(19)18-13(2)15-9-4-5-10-16(15)20-3/h4-11,13H,1-3H3,(H,18,19)/t13-/m0/s1. The van der Waals surface area contributed by atoms with Crippen LogP contribution in [0.3, 0.4) is 0 Å². The van der Waals surface area contributed by atoms with E-state index in [1.165, 1.54) is 0 Å². The van der Waals surface area contributed by atoms with Gasteiger partial charge in [0.2, 0.25) is 0 Å². The zero-order chi connectivity index (χ0) is 14.5. The molecule has 0 heterocycles. The van der Waals surface area contributed by atoms with Gasteiger partial charge in [0.05, 0.1) is 13.2 Å². The van der Waals surface area contributed by atoms with Gasteiger partial charge in [-0.05, 0) is 32.0 Å². The molecule has 0 aliphatic rings. The third kappa shape index (κ3) is 3.18. The van der Waals surface area contributed by atoms with E-state index in [2.05, 4.69) is 5.32 Å². The highest BCUT2D eigenvalue weighted by Gasteiger charge is 2.14. The minimum Gasteiger partial charge on any atom is -0.496 e. The van der Waals surface area contributed by atoms with E-state index >= 15 is 0 Å². The second kappa shape index (κ2) is 6.24. The highest BCUT2D eigenvalue weighted by molar-refractivity contribution is 5.94. The Labute approximate surface area is 119 Å². The number of para-hydroxylation sites is 1. The molecule has 1 atom stereocenters. The summed E-state index contributed by atoms with van der Waals surface area (Å²) in [4.78, 5) is 12.2. The molecule has 20 heavy (non-hydrogen) atoms. The molecule has 0 aliphatic heterocycles. The van der Waals surface area contributed by atoms with Crippen LogP contribution in [0, 0.1) is 6.92 Å². The molecule has 0 unspecified atom stereocenters. The molecular formula is C17H19NO2. The molecule has 0 saturated heterocycles. The van der Waals surface area contributed by atoms with Crippen LogP contribution in [0.25, 0.3) is 0 Å². The number of amides is 1. The summed E-state index contributed by atoms with van der Waals surface area (Å²) in [5, 5.41) is 3.00. The Kier molecular flexibility index (Phi) is 4.41. The second-order valence-corrected chi connectivity index (χ2v) is 4.81. The lowest BCUT2D eigenvalue weighted by molar-refractivity contribution is 0.0939. The predicted molar refractivity (Wildman–Crippen MR) is 80.1 cm³/mol. The van der Waals surface area contributed by atoms with E-state index < -0.39 is 0 Å². The molecule has 3 nitrogen and oxygen atoms in total. The third-order valence-electron chi connectivity index (χ3n) is 3.23. The molecule has 0 saturated carbocycles. The lowest BCUT2D eigenvalue weighted by Crippen LogP contribution is -2.26. The molecule has 0 bridgehead atoms. The lowest BCUT2D eigenvalue weighted by atomic mass is 10.1. The van der Waals surface area contributed by atoms with Gasteiger partial charge in [0.15, 0.2) is 0 Å². The fourth-order valence-corrected chi connectivity index (χ4v) is 2.17. The van der Waals surface area contributed by atoms with Crippen LogP contribution in [0.2, 0.25) is 0 Å². The average molecular weight is 269 g/mol. The highest BCUT2D eigenvalue weighted by atomic mass is 16.5. The van der Waals surface area contributed by atoms with E-state index in [4.69, 9.17) is 4.74 Å². The quantitative estimate of drug-likeness (QED) is 0.922. The molecule has 0 aliphatic carbocycles. The summed E-state index contributed by atoms with van der Waals surface area (Å²) >= 11 is 0. The van der Waals surface area contributed by atoms with Crippen LogP contribution in [-0.4, -0.2) is 13.0 Å². The molecule has 0 spiro atoms. The van der Waals surface area contributed by atoms with Crippen molar-refractivity contribution >= 4 is 5.91 Å². The molecule has 3 heteroatoms. The Hall–Kier alpha value is -2.29. The first-order chi connectivity index (χ1) is 9.61. The monoisotopic (exact) mass is 269 g/mol. The normalized spacial score (nSPS) is 11.8. The van der Waals surface area contributed by atoms with Crippen LogP contribution in [0.15, 0.2) is 48.5 Å². The number of rotatable bonds is 4. The van der Waals surface area contributed by atoms with Gasteiger partial charge >= 0.3 is 0 Å². The van der Waals surface area contributed by atoms with Gasteiger partial charge in [-0.15, -0.1) is 0 Å². The molecule has 2 aromatic rings. The molecule has 0 aromatic heterocycles. The van der Waals surface area contributed by atoms with E-state index in [0.717, 1.165) is 16.9 Å². The number of hydrogen-bond acceptors (Lipinski definition) is 2. The van der Waals surface area contributed by atoms with E-state index in [-0.39, 0.29) is 11.9 Å². The van der Waals surface area contributed by atoms with Crippen molar-refractivity contribution in [1.82, 2.24) is 5.32 Å². The van der Waals surface area contributed by atoms with Gasteiger partial charge in [-0.25, -0.2) is 0 Å². The minimum atomic E-state index is -0.112. The summed E-state index contributed by atoms with van der Waals surface area (Å²) in [6.45, 7) is 3.92. The number of aryl methyl sites for hydroxylation is 1. The molecule has 2 aromatic carbocycles. The van der Waals surface area contributed by atoms with E-state index in [1.807, 2.05) is 62.4 Å². The summed E-state index contributed by atoms with van der Waals surface area (Å²) in [5.74, 6) is 0.705. The van der Waals surface area contributed by atoms with Crippen molar-refractivity contribution in [2.75, 3.05) is 7.11 Å². The summed E-state index contributed by atoms with van der Waals surface area (Å²) in [5.41, 5.74) is 2.71. The summed E-state index contributed by atoms with van der Waals surface area (Å²) < 4.78 is 5.32. The summed E-state index contributed by atoms with van der Waals surface area (Å²) in [7, 11) is 1.63. The van der Waals surface area contributed by atoms with Gasteiger partial charge in [0.25, 0.3) is 5.91 Å². The van der Waals surface area contributed by atoms with Crippen molar-refractivity contribution in [3.63, 3.8) is 0 Å². The first kappa shape index (κ1) is 14.1. The van der Waals surface area contributed by atoms with Crippen LogP contribution >= 0.6 is 0 Å². The zero-order valence-corrected chi connectivity index (χ0v) is 12.0. The van der Waals surface area contributed by atoms with Crippen LogP contribution < -0.4 is 10.1 Å². The average Bonchev–Trinajstić information content (AvgIpc) is 2.47. The van der Waals surface area contributed by atoms with Crippen molar-refractivity contribution in [3.05, 3.63) is 65.2 Å². The van der Waals surface area contributed by atoms with Gasteiger partial charge in [-0.2, -0.15) is 0 Å². The Morgan fingerprint density at radius 2 is 1.90 bits per heavy atom. The van der Waals surface area contributed by atoms with Crippen molar-refractivity contribution in [2.45, 2.75) is 19.9 Å². The fraction of sp³-hybridized carbons (Fsp3) is 0.235. The smallest absolute Gasteiger partial charge is 0.251 e. The molecular weight excluding hydrogens is 250 g/mol. The van der Waals surface area contributed by atoms with Crippen LogP contribution in [0.4, 0.5) is 0 Å². The number of carbonyl (C=O) groups is 1. The van der Waals surface area contributed by atoms with Gasteiger partial charge < -0.3 is 10.1 Å². The van der Waals surface area contributed by atoms with Crippen molar-refractivity contribution in [1.29, 1.82) is 0 Å². The number of hydrogen-bond donors (Lipinski definition) is 1. The third-order valence-corrected chi connectivity index (χ3v) is 3.23. The summed E-state index contributed by atoms with van der Waals surface area (Å²) in [6.07, 6.45) is 0. The second-order valence-electron chi connectivity index (χ2n) is 4.81. The number of ether oxygens (including phenoxy) is 1. The molecule has 1 N–H and O–H groups in total. The number of carbonyl (C=O) groups excluding carboxylic acids is 1. The molecule has 1 amide bonds. The Morgan fingerprint density at radius 3 is 2.60 bits per heavy atom. The molecule has 0 fully saturated rings. The number of methoxy groups -OCH3 is 1. The largest absolute Gasteiger partial charge is 0.496 e. The van der Waals surface area contributed by atoms with E-state index in [1.54, 1.807) is 7.11 Å². The maximum Gasteiger partial charge on any atom is 0.251 e. The van der Waals surface area contributed by atoms with E-state index in [9.17, 15) is 4.79 Å². The Morgan fingerprint density at radius 1 is 1.15 bits per heavy atom. The van der Waals surface area contributed by atoms with Crippen molar-refractivity contribution < 1.29 is 9.53 Å².